The summed E-state index contributed by atoms with van der Waals surface area (Å²) in [5.74, 6) is -5.48. The van der Waals surface area contributed by atoms with Gasteiger partial charge in [0.2, 0.25) is 0 Å². The first-order valence-electron chi connectivity index (χ1n) is 5.16. The highest BCUT2D eigenvalue weighted by molar-refractivity contribution is 9.10. The highest BCUT2D eigenvalue weighted by Gasteiger charge is 2.63. The zero-order valence-corrected chi connectivity index (χ0v) is 11.2. The van der Waals surface area contributed by atoms with Crippen molar-refractivity contribution in [2.75, 3.05) is 6.61 Å². The van der Waals surface area contributed by atoms with E-state index in [1.54, 1.807) is 6.92 Å². The molecule has 108 valence electrons. The Morgan fingerprint density at radius 2 is 1.84 bits per heavy atom. The van der Waals surface area contributed by atoms with E-state index in [2.05, 4.69) is 15.9 Å². The van der Waals surface area contributed by atoms with Crippen LogP contribution in [0.2, 0.25) is 0 Å². The molecule has 0 bridgehead atoms. The van der Waals surface area contributed by atoms with E-state index < -0.39 is 23.8 Å². The average molecular weight is 349 g/mol. The van der Waals surface area contributed by atoms with Gasteiger partial charge in [-0.25, -0.2) is 0 Å². The van der Waals surface area contributed by atoms with E-state index in [4.69, 9.17) is 4.74 Å². The van der Waals surface area contributed by atoms with E-state index in [1.165, 1.54) is 12.1 Å². The van der Waals surface area contributed by atoms with Gasteiger partial charge in [-0.1, -0.05) is 15.9 Å². The maximum Gasteiger partial charge on any atom is 0.456 e. The summed E-state index contributed by atoms with van der Waals surface area (Å²) in [5, 5.41) is 9.34. The van der Waals surface area contributed by atoms with Crippen LogP contribution in [0.25, 0.3) is 0 Å². The lowest BCUT2D eigenvalue weighted by molar-refractivity contribution is -0.315. The molecule has 0 aliphatic carbocycles. The zero-order chi connectivity index (χ0) is 14.8. The van der Waals surface area contributed by atoms with E-state index in [0.717, 1.165) is 6.07 Å². The van der Waals surface area contributed by atoms with Crippen molar-refractivity contribution in [1.29, 1.82) is 0 Å². The van der Waals surface area contributed by atoms with E-state index in [1.807, 2.05) is 0 Å². The Bertz CT molecular complexity index is 447. The van der Waals surface area contributed by atoms with Crippen molar-refractivity contribution in [3.05, 3.63) is 28.2 Å². The average Bonchev–Trinajstić information content (AvgIpc) is 2.29. The van der Waals surface area contributed by atoms with Gasteiger partial charge in [0.05, 0.1) is 6.61 Å². The molecule has 1 aromatic rings. The van der Waals surface area contributed by atoms with Crippen molar-refractivity contribution in [2.24, 2.45) is 0 Å². The molecule has 1 aromatic carbocycles. The van der Waals surface area contributed by atoms with Gasteiger partial charge in [-0.2, -0.15) is 22.0 Å². The second-order valence-corrected chi connectivity index (χ2v) is 4.55. The fourth-order valence-corrected chi connectivity index (χ4v) is 1.75. The van der Waals surface area contributed by atoms with Gasteiger partial charge in [-0.15, -0.1) is 0 Å². The Morgan fingerprint density at radius 1 is 1.26 bits per heavy atom. The summed E-state index contributed by atoms with van der Waals surface area (Å²) in [7, 11) is 0. The van der Waals surface area contributed by atoms with Crippen molar-refractivity contribution in [3.63, 3.8) is 0 Å². The van der Waals surface area contributed by atoms with Crippen LogP contribution in [0, 0.1) is 0 Å². The smallest absolute Gasteiger partial charge is 0.456 e. The van der Waals surface area contributed by atoms with Crippen LogP contribution in [0.1, 0.15) is 18.6 Å². The number of aliphatic hydroxyl groups is 1. The van der Waals surface area contributed by atoms with Crippen molar-refractivity contribution < 1.29 is 31.8 Å². The van der Waals surface area contributed by atoms with Crippen LogP contribution in [0.5, 0.6) is 5.75 Å². The van der Waals surface area contributed by atoms with Crippen LogP contribution in [0.4, 0.5) is 22.0 Å². The summed E-state index contributed by atoms with van der Waals surface area (Å²) >= 11 is 2.94. The number of benzene rings is 1. The van der Waals surface area contributed by atoms with Crippen LogP contribution in [0.3, 0.4) is 0 Å². The first-order chi connectivity index (χ1) is 8.61. The summed E-state index contributed by atoms with van der Waals surface area (Å²) in [5.41, 5.74) is -0.626. The minimum atomic E-state index is -5.85. The lowest BCUT2D eigenvalue weighted by Crippen LogP contribution is -2.42. The lowest BCUT2D eigenvalue weighted by atomic mass is 10.0. The third-order valence-electron chi connectivity index (χ3n) is 2.29. The van der Waals surface area contributed by atoms with Gasteiger partial charge in [0, 0.05) is 10.0 Å². The first kappa shape index (κ1) is 16.2. The van der Waals surface area contributed by atoms with Crippen molar-refractivity contribution >= 4 is 15.9 Å². The van der Waals surface area contributed by atoms with Crippen LogP contribution in [0.15, 0.2) is 22.7 Å². The predicted molar refractivity (Wildman–Crippen MR) is 61.3 cm³/mol. The Balaban J connectivity index is 3.25. The van der Waals surface area contributed by atoms with E-state index in [-0.39, 0.29) is 16.8 Å². The van der Waals surface area contributed by atoms with Gasteiger partial charge in [0.25, 0.3) is 0 Å². The third-order valence-corrected chi connectivity index (χ3v) is 2.78. The number of hydrogen-bond acceptors (Lipinski definition) is 2. The van der Waals surface area contributed by atoms with E-state index in [9.17, 15) is 27.1 Å². The normalized spacial score (nSPS) is 14.3. The molecule has 0 aliphatic heterocycles. The fraction of sp³-hybridized carbons (Fsp3) is 0.455. The molecule has 19 heavy (non-hydrogen) atoms. The van der Waals surface area contributed by atoms with Crippen molar-refractivity contribution in [1.82, 2.24) is 0 Å². The quantitative estimate of drug-likeness (QED) is 0.831. The van der Waals surface area contributed by atoms with Gasteiger partial charge < -0.3 is 9.84 Å². The van der Waals surface area contributed by atoms with Crippen molar-refractivity contribution in [3.8, 4) is 5.75 Å². The molecule has 0 aromatic heterocycles. The minimum absolute atomic E-state index is 0.0684. The van der Waals surface area contributed by atoms with Crippen LogP contribution in [-0.4, -0.2) is 23.8 Å². The maximum atomic E-state index is 13.1. The number of rotatable bonds is 4. The SMILES string of the molecule is CCOc1ccc(Br)cc1C(O)C(F)(F)C(F)(F)F. The van der Waals surface area contributed by atoms with Gasteiger partial charge in [0.1, 0.15) is 5.75 Å². The van der Waals surface area contributed by atoms with Gasteiger partial charge in [-0.05, 0) is 25.1 Å². The highest BCUT2D eigenvalue weighted by Crippen LogP contribution is 2.46. The fourth-order valence-electron chi connectivity index (χ4n) is 1.37. The van der Waals surface area contributed by atoms with E-state index >= 15 is 0 Å². The first-order valence-corrected chi connectivity index (χ1v) is 5.95. The highest BCUT2D eigenvalue weighted by atomic mass is 79.9. The summed E-state index contributed by atoms with van der Waals surface area (Å²) in [6, 6.07) is 3.58. The molecule has 0 saturated carbocycles. The van der Waals surface area contributed by atoms with Gasteiger partial charge in [0.15, 0.2) is 6.10 Å². The summed E-state index contributed by atoms with van der Waals surface area (Å²) < 4.78 is 68.1. The summed E-state index contributed by atoms with van der Waals surface area (Å²) in [6.45, 7) is 1.61. The van der Waals surface area contributed by atoms with Crippen LogP contribution in [-0.2, 0) is 0 Å². The molecule has 0 radical (unpaired) electrons. The second kappa shape index (κ2) is 5.62. The number of aliphatic hydroxyl groups excluding tert-OH is 1. The second-order valence-electron chi connectivity index (χ2n) is 3.64. The molecule has 1 rings (SSSR count). The van der Waals surface area contributed by atoms with E-state index in [0.29, 0.717) is 0 Å². The predicted octanol–water partition coefficient (Wildman–Crippen LogP) is 4.08. The molecule has 1 atom stereocenters. The largest absolute Gasteiger partial charge is 0.493 e. The topological polar surface area (TPSA) is 29.5 Å². The molecular weight excluding hydrogens is 339 g/mol. The Labute approximate surface area is 114 Å². The lowest BCUT2D eigenvalue weighted by Gasteiger charge is -2.26. The maximum absolute atomic E-state index is 13.1. The number of hydrogen-bond donors (Lipinski definition) is 1. The molecule has 0 fully saturated rings. The molecule has 0 saturated heterocycles. The Hall–Kier alpha value is -0.890. The molecule has 8 heteroatoms. The molecular formula is C11H10BrF5O2. The summed E-state index contributed by atoms with van der Waals surface area (Å²) in [6.07, 6.45) is -8.88. The third kappa shape index (κ3) is 3.36. The molecule has 1 unspecified atom stereocenters. The standard InChI is InChI=1S/C11H10BrF5O2/c1-2-19-8-4-3-6(12)5-7(8)9(18)10(13,14)11(15,16)17/h3-5,9,18H,2H2,1H3. The van der Waals surface area contributed by atoms with Gasteiger partial charge in [-0.3, -0.25) is 0 Å². The number of ether oxygens (including phenoxy) is 1. The molecule has 0 amide bonds. The number of halogens is 6. The molecule has 0 aliphatic rings. The zero-order valence-electron chi connectivity index (χ0n) is 9.64. The minimum Gasteiger partial charge on any atom is -0.493 e. The molecule has 0 heterocycles. The van der Waals surface area contributed by atoms with Crippen molar-refractivity contribution in [2.45, 2.75) is 25.1 Å². The Morgan fingerprint density at radius 3 is 2.32 bits per heavy atom. The summed E-state index contributed by atoms with van der Waals surface area (Å²) in [4.78, 5) is 0. The monoisotopic (exact) mass is 348 g/mol. The van der Waals surface area contributed by atoms with Gasteiger partial charge >= 0.3 is 12.1 Å². The number of alkyl halides is 5. The molecule has 2 nitrogen and oxygen atoms in total. The van der Waals surface area contributed by atoms with Crippen LogP contribution < -0.4 is 4.74 Å². The molecule has 1 N–H and O–H groups in total. The Kier molecular flexibility index (Phi) is 4.78. The van der Waals surface area contributed by atoms with Crippen LogP contribution >= 0.6 is 15.9 Å². The molecule has 0 spiro atoms.